The van der Waals surface area contributed by atoms with Crippen LogP contribution in [0.25, 0.3) is 6.08 Å². The average molecular weight is 480 g/mol. The number of hydrogen-bond donors (Lipinski definition) is 4. The van der Waals surface area contributed by atoms with Crippen molar-refractivity contribution in [2.75, 3.05) is 39.8 Å². The van der Waals surface area contributed by atoms with Gasteiger partial charge in [-0.05, 0) is 55.8 Å². The molecule has 9 heteroatoms. The van der Waals surface area contributed by atoms with Crippen molar-refractivity contribution in [3.63, 3.8) is 0 Å². The van der Waals surface area contributed by atoms with Gasteiger partial charge >= 0.3 is 6.03 Å². The van der Waals surface area contributed by atoms with Crippen LogP contribution in [0.3, 0.4) is 0 Å². The van der Waals surface area contributed by atoms with Crippen LogP contribution in [0.5, 0.6) is 0 Å². The fraction of sp³-hybridized carbons (Fsp3) is 0.346. The number of nitrogens with one attached hydrogen (secondary N) is 3. The monoisotopic (exact) mass is 479 g/mol. The number of carbonyl (C=O) groups is 3. The highest BCUT2D eigenvalue weighted by Crippen LogP contribution is 2.20. The summed E-state index contributed by atoms with van der Waals surface area (Å²) in [4.78, 5) is 41.0. The number of rotatable bonds is 9. The Labute approximate surface area is 205 Å². The zero-order valence-electron chi connectivity index (χ0n) is 19.9. The van der Waals surface area contributed by atoms with E-state index in [-0.39, 0.29) is 6.04 Å². The van der Waals surface area contributed by atoms with E-state index < -0.39 is 17.8 Å². The first-order chi connectivity index (χ1) is 16.9. The Hall–Kier alpha value is -3.53. The number of amides is 4. The van der Waals surface area contributed by atoms with E-state index in [2.05, 4.69) is 27.5 Å². The van der Waals surface area contributed by atoms with Gasteiger partial charge in [0.05, 0.1) is 6.04 Å². The predicted octanol–water partition coefficient (Wildman–Crippen LogP) is 2.41. The van der Waals surface area contributed by atoms with E-state index >= 15 is 0 Å². The van der Waals surface area contributed by atoms with Crippen molar-refractivity contribution in [1.29, 1.82) is 0 Å². The molecule has 1 fully saturated rings. The number of likely N-dealkylation sites (N-methyl/N-ethyl adjacent to an activating group) is 1. The fourth-order valence-electron chi connectivity index (χ4n) is 3.92. The molecule has 1 heterocycles. The maximum Gasteiger partial charge on any atom is 0.322 e. The molecule has 1 aliphatic heterocycles. The van der Waals surface area contributed by atoms with Gasteiger partial charge in [-0.2, -0.15) is 0 Å². The molecule has 2 aromatic carbocycles. The Morgan fingerprint density at radius 3 is 2.34 bits per heavy atom. The predicted molar refractivity (Wildman–Crippen MR) is 134 cm³/mol. The maximum atomic E-state index is 12.7. The van der Waals surface area contributed by atoms with Crippen LogP contribution in [-0.2, 0) is 4.79 Å². The van der Waals surface area contributed by atoms with E-state index in [0.29, 0.717) is 12.0 Å². The lowest BCUT2D eigenvalue weighted by Crippen LogP contribution is -2.45. The van der Waals surface area contributed by atoms with Crippen LogP contribution < -0.4 is 16.1 Å². The lowest BCUT2D eigenvalue weighted by Gasteiger charge is -2.32. The van der Waals surface area contributed by atoms with Crippen LogP contribution in [-0.4, -0.2) is 72.6 Å². The third-order valence-electron chi connectivity index (χ3n) is 6.01. The molecule has 1 aliphatic rings. The maximum absolute atomic E-state index is 12.7. The van der Waals surface area contributed by atoms with Gasteiger partial charge in [-0.15, -0.1) is 0 Å². The minimum atomic E-state index is -0.614. The number of nitrogens with zero attached hydrogens (tertiary/aromatic N) is 2. The van der Waals surface area contributed by atoms with Gasteiger partial charge in [-0.3, -0.25) is 20.1 Å². The van der Waals surface area contributed by atoms with Crippen molar-refractivity contribution in [1.82, 2.24) is 25.9 Å². The SMILES string of the molecule is CN1CCN(CCCC(NC(=O)NC(=O)c2ccccc2)c2ccc(C=CC(=O)NO)cc2)CC1. The molecule has 4 N–H and O–H groups in total. The summed E-state index contributed by atoms with van der Waals surface area (Å²) in [6, 6.07) is 15.2. The van der Waals surface area contributed by atoms with E-state index in [1.54, 1.807) is 35.8 Å². The first-order valence-corrected chi connectivity index (χ1v) is 11.7. The molecule has 1 atom stereocenters. The molecule has 1 saturated heterocycles. The molecule has 0 bridgehead atoms. The van der Waals surface area contributed by atoms with E-state index in [1.807, 2.05) is 30.3 Å². The molecule has 186 valence electrons. The smallest absolute Gasteiger partial charge is 0.322 e. The molecule has 0 aliphatic carbocycles. The van der Waals surface area contributed by atoms with E-state index in [0.717, 1.165) is 50.3 Å². The molecular weight excluding hydrogens is 446 g/mol. The van der Waals surface area contributed by atoms with Gasteiger partial charge in [0, 0.05) is 37.8 Å². The van der Waals surface area contributed by atoms with Gasteiger partial charge in [0.25, 0.3) is 11.8 Å². The van der Waals surface area contributed by atoms with Crippen molar-refractivity contribution in [3.05, 3.63) is 77.4 Å². The largest absolute Gasteiger partial charge is 0.331 e. The molecule has 0 aromatic heterocycles. The second-order valence-electron chi connectivity index (χ2n) is 8.61. The van der Waals surface area contributed by atoms with Crippen LogP contribution in [0.15, 0.2) is 60.7 Å². The highest BCUT2D eigenvalue weighted by molar-refractivity contribution is 6.04. The summed E-state index contributed by atoms with van der Waals surface area (Å²) >= 11 is 0. The number of imide groups is 1. The first-order valence-electron chi connectivity index (χ1n) is 11.7. The number of carbonyl (C=O) groups excluding carboxylic acids is 3. The third-order valence-corrected chi connectivity index (χ3v) is 6.01. The summed E-state index contributed by atoms with van der Waals surface area (Å²) in [6.07, 6.45) is 4.40. The van der Waals surface area contributed by atoms with Crippen molar-refractivity contribution in [2.45, 2.75) is 18.9 Å². The minimum Gasteiger partial charge on any atom is -0.331 e. The van der Waals surface area contributed by atoms with Gasteiger partial charge in [0.2, 0.25) is 0 Å². The van der Waals surface area contributed by atoms with Crippen LogP contribution in [0.4, 0.5) is 4.79 Å². The van der Waals surface area contributed by atoms with Gasteiger partial charge < -0.3 is 15.1 Å². The molecule has 0 radical (unpaired) electrons. The van der Waals surface area contributed by atoms with Crippen LogP contribution in [0.1, 0.15) is 40.4 Å². The van der Waals surface area contributed by atoms with E-state index in [1.165, 1.54) is 6.08 Å². The summed E-state index contributed by atoms with van der Waals surface area (Å²) in [7, 11) is 2.13. The molecule has 4 amide bonds. The zero-order valence-corrected chi connectivity index (χ0v) is 19.9. The minimum absolute atomic E-state index is 0.287. The molecular formula is C26H33N5O4. The Bertz CT molecular complexity index is 1000. The standard InChI is InChI=1S/C26H33N5O4/c1-30-16-18-31(19-17-30)15-5-8-23(21-12-9-20(10-13-21)11-14-24(32)29-35)27-26(34)28-25(33)22-6-3-2-4-7-22/h2-4,6-7,9-14,23,35H,5,8,15-19H2,1H3,(H,29,32)(H2,27,28,33,34). The van der Waals surface area contributed by atoms with Crippen molar-refractivity contribution in [3.8, 4) is 0 Å². The number of hydrogen-bond acceptors (Lipinski definition) is 6. The number of benzene rings is 2. The lowest BCUT2D eigenvalue weighted by molar-refractivity contribution is -0.124. The average Bonchev–Trinajstić information content (AvgIpc) is 2.88. The Morgan fingerprint density at radius 1 is 1.00 bits per heavy atom. The molecule has 3 rings (SSSR count). The summed E-state index contributed by atoms with van der Waals surface area (Å²) < 4.78 is 0. The summed E-state index contributed by atoms with van der Waals surface area (Å²) in [5.41, 5.74) is 3.64. The lowest BCUT2D eigenvalue weighted by atomic mass is 10.00. The Morgan fingerprint density at radius 2 is 1.69 bits per heavy atom. The van der Waals surface area contributed by atoms with Crippen LogP contribution >= 0.6 is 0 Å². The molecule has 2 aromatic rings. The number of hydroxylamine groups is 1. The highest BCUT2D eigenvalue weighted by atomic mass is 16.5. The topological polar surface area (TPSA) is 114 Å². The number of urea groups is 1. The van der Waals surface area contributed by atoms with Gasteiger partial charge in [-0.1, -0.05) is 42.5 Å². The van der Waals surface area contributed by atoms with Crippen LogP contribution in [0.2, 0.25) is 0 Å². The molecule has 9 nitrogen and oxygen atoms in total. The quantitative estimate of drug-likeness (QED) is 0.250. The number of piperazine rings is 1. The van der Waals surface area contributed by atoms with E-state index in [9.17, 15) is 14.4 Å². The normalized spacial score (nSPS) is 15.5. The molecule has 0 spiro atoms. The van der Waals surface area contributed by atoms with Crippen molar-refractivity contribution in [2.24, 2.45) is 0 Å². The first kappa shape index (κ1) is 26.1. The van der Waals surface area contributed by atoms with Crippen molar-refractivity contribution >= 4 is 23.9 Å². The molecule has 35 heavy (non-hydrogen) atoms. The van der Waals surface area contributed by atoms with Gasteiger partial charge in [0.1, 0.15) is 0 Å². The van der Waals surface area contributed by atoms with Crippen LogP contribution in [0, 0.1) is 0 Å². The third kappa shape index (κ3) is 8.64. The van der Waals surface area contributed by atoms with Gasteiger partial charge in [-0.25, -0.2) is 10.3 Å². The molecule has 1 unspecified atom stereocenters. The summed E-state index contributed by atoms with van der Waals surface area (Å²) in [5, 5.41) is 14.0. The van der Waals surface area contributed by atoms with E-state index in [4.69, 9.17) is 5.21 Å². The van der Waals surface area contributed by atoms with Crippen molar-refractivity contribution < 1.29 is 19.6 Å². The Balaban J connectivity index is 1.63. The second-order valence-corrected chi connectivity index (χ2v) is 8.61. The van der Waals surface area contributed by atoms with Gasteiger partial charge in [0.15, 0.2) is 0 Å². The fourth-order valence-corrected chi connectivity index (χ4v) is 3.92. The molecule has 0 saturated carbocycles. The Kier molecular flexibility index (Phi) is 9.97. The summed E-state index contributed by atoms with van der Waals surface area (Å²) in [5.74, 6) is -1.07. The second kappa shape index (κ2) is 13.4. The summed E-state index contributed by atoms with van der Waals surface area (Å²) in [6.45, 7) is 5.10. The highest BCUT2D eigenvalue weighted by Gasteiger charge is 2.19. The zero-order chi connectivity index (χ0) is 25.0.